The molecule has 4 aromatic carbocycles. The van der Waals surface area contributed by atoms with Crippen LogP contribution < -0.4 is 14.4 Å². The fourth-order valence-corrected chi connectivity index (χ4v) is 6.38. The molecular formula is C34H36ClN3O5S. The normalized spacial score (nSPS) is 11.8. The van der Waals surface area contributed by atoms with Crippen molar-refractivity contribution >= 4 is 39.1 Å². The number of rotatable bonds is 13. The van der Waals surface area contributed by atoms with Gasteiger partial charge in [-0.1, -0.05) is 77.8 Å². The molecule has 4 rings (SSSR count). The summed E-state index contributed by atoms with van der Waals surface area (Å²) in [6.07, 6.45) is 0.221. The Hall–Kier alpha value is -4.34. The largest absolute Gasteiger partial charge is 0.497 e. The molecule has 0 unspecified atom stereocenters. The molecule has 0 saturated heterocycles. The standard InChI is InChI=1S/C34H36ClN3O5S/c1-4-36-34(40)32(22-26-10-6-5-7-11-26)37(23-27-12-8-9-13-31(27)35)33(39)24-38(28-16-14-25(2)15-17-28)44(41,42)30-20-18-29(43-3)19-21-30/h5-21,32H,4,22-24H2,1-3H3,(H,36,40)/t32-/m0/s1. The third kappa shape index (κ3) is 7.98. The fraction of sp³-hybridized carbons (Fsp3) is 0.235. The van der Waals surface area contributed by atoms with E-state index >= 15 is 0 Å². The van der Waals surface area contributed by atoms with Crippen LogP contribution in [-0.4, -0.2) is 51.4 Å². The summed E-state index contributed by atoms with van der Waals surface area (Å²) in [5, 5.41) is 3.28. The molecule has 0 radical (unpaired) electrons. The predicted octanol–water partition coefficient (Wildman–Crippen LogP) is 5.63. The van der Waals surface area contributed by atoms with Gasteiger partial charge in [-0.3, -0.25) is 13.9 Å². The zero-order chi connectivity index (χ0) is 31.7. The molecule has 230 valence electrons. The van der Waals surface area contributed by atoms with Gasteiger partial charge in [-0.15, -0.1) is 0 Å². The molecule has 0 aliphatic rings. The Morgan fingerprint density at radius 1 is 0.886 bits per heavy atom. The molecule has 0 aromatic heterocycles. The second-order valence-corrected chi connectivity index (χ2v) is 12.5. The lowest BCUT2D eigenvalue weighted by Crippen LogP contribution is -2.53. The van der Waals surface area contributed by atoms with Gasteiger partial charge in [-0.25, -0.2) is 8.42 Å². The molecule has 2 amide bonds. The van der Waals surface area contributed by atoms with Crippen LogP contribution in [0, 0.1) is 6.92 Å². The second kappa shape index (κ2) is 14.9. The van der Waals surface area contributed by atoms with Crippen LogP contribution in [0.5, 0.6) is 5.75 Å². The quantitative estimate of drug-likeness (QED) is 0.206. The van der Waals surface area contributed by atoms with Gasteiger partial charge < -0.3 is 15.0 Å². The first-order valence-corrected chi connectivity index (χ1v) is 16.0. The van der Waals surface area contributed by atoms with E-state index in [-0.39, 0.29) is 23.8 Å². The van der Waals surface area contributed by atoms with Gasteiger partial charge in [0.25, 0.3) is 10.0 Å². The van der Waals surface area contributed by atoms with Gasteiger partial charge in [0.15, 0.2) is 0 Å². The average Bonchev–Trinajstić information content (AvgIpc) is 3.03. The molecule has 0 saturated carbocycles. The molecule has 0 spiro atoms. The van der Waals surface area contributed by atoms with E-state index in [1.54, 1.807) is 67.6 Å². The zero-order valence-electron chi connectivity index (χ0n) is 24.9. The highest BCUT2D eigenvalue weighted by Crippen LogP contribution is 2.27. The zero-order valence-corrected chi connectivity index (χ0v) is 26.5. The summed E-state index contributed by atoms with van der Waals surface area (Å²) < 4.78 is 34.5. The van der Waals surface area contributed by atoms with Crippen LogP contribution in [0.15, 0.2) is 108 Å². The Bertz CT molecular complexity index is 1660. The summed E-state index contributed by atoms with van der Waals surface area (Å²) >= 11 is 6.52. The number of amides is 2. The Morgan fingerprint density at radius 3 is 2.14 bits per heavy atom. The minimum Gasteiger partial charge on any atom is -0.497 e. The topological polar surface area (TPSA) is 96.0 Å². The molecule has 0 aliphatic carbocycles. The van der Waals surface area contributed by atoms with Gasteiger partial charge in [-0.05, 0) is 67.4 Å². The van der Waals surface area contributed by atoms with Crippen LogP contribution in [0.2, 0.25) is 5.02 Å². The predicted molar refractivity (Wildman–Crippen MR) is 173 cm³/mol. The number of carbonyl (C=O) groups is 2. The van der Waals surface area contributed by atoms with E-state index in [1.165, 1.54) is 24.1 Å². The SMILES string of the molecule is CCNC(=O)[C@H](Cc1ccccc1)N(Cc1ccccc1Cl)C(=O)CN(c1ccc(C)cc1)S(=O)(=O)c1ccc(OC)cc1. The highest BCUT2D eigenvalue weighted by atomic mass is 35.5. The number of hydrogen-bond acceptors (Lipinski definition) is 5. The van der Waals surface area contributed by atoms with Crippen LogP contribution in [0.4, 0.5) is 5.69 Å². The van der Waals surface area contributed by atoms with E-state index < -0.39 is 28.5 Å². The summed E-state index contributed by atoms with van der Waals surface area (Å²) in [5.41, 5.74) is 2.73. The Morgan fingerprint density at radius 2 is 1.52 bits per heavy atom. The molecule has 10 heteroatoms. The van der Waals surface area contributed by atoms with Crippen LogP contribution in [0.3, 0.4) is 0 Å². The number of methoxy groups -OCH3 is 1. The molecule has 0 heterocycles. The van der Waals surface area contributed by atoms with Crippen molar-refractivity contribution in [3.63, 3.8) is 0 Å². The van der Waals surface area contributed by atoms with Gasteiger partial charge in [0.05, 0.1) is 17.7 Å². The Labute approximate surface area is 264 Å². The third-order valence-electron chi connectivity index (χ3n) is 7.17. The number of sulfonamides is 1. The van der Waals surface area contributed by atoms with Crippen LogP contribution in [-0.2, 0) is 32.6 Å². The number of nitrogens with one attached hydrogen (secondary N) is 1. The first kappa shape index (κ1) is 32.6. The number of hydrogen-bond donors (Lipinski definition) is 1. The minimum absolute atomic E-state index is 0.00252. The van der Waals surface area contributed by atoms with Gasteiger partial charge in [-0.2, -0.15) is 0 Å². The summed E-state index contributed by atoms with van der Waals surface area (Å²) in [4.78, 5) is 29.4. The molecule has 1 N–H and O–H groups in total. The average molecular weight is 634 g/mol. The number of likely N-dealkylation sites (N-methyl/N-ethyl adjacent to an activating group) is 1. The number of nitrogens with zero attached hydrogens (tertiary/aromatic N) is 2. The molecular weight excluding hydrogens is 598 g/mol. The number of halogens is 1. The number of aryl methyl sites for hydroxylation is 1. The van der Waals surface area contributed by atoms with Crippen molar-refractivity contribution in [2.45, 2.75) is 37.8 Å². The molecule has 1 atom stereocenters. The van der Waals surface area contributed by atoms with Gasteiger partial charge in [0.1, 0.15) is 18.3 Å². The lowest BCUT2D eigenvalue weighted by molar-refractivity contribution is -0.140. The Kier molecular flexibility index (Phi) is 11.0. The molecule has 4 aromatic rings. The van der Waals surface area contributed by atoms with Crippen molar-refractivity contribution in [2.24, 2.45) is 0 Å². The fourth-order valence-electron chi connectivity index (χ4n) is 4.77. The lowest BCUT2D eigenvalue weighted by Gasteiger charge is -2.34. The van der Waals surface area contributed by atoms with E-state index in [4.69, 9.17) is 16.3 Å². The summed E-state index contributed by atoms with van der Waals surface area (Å²) in [6.45, 7) is 3.50. The van der Waals surface area contributed by atoms with E-state index in [1.807, 2.05) is 37.3 Å². The molecule has 0 fully saturated rings. The van der Waals surface area contributed by atoms with Gasteiger partial charge in [0.2, 0.25) is 11.8 Å². The van der Waals surface area contributed by atoms with Crippen molar-refractivity contribution in [3.05, 3.63) is 125 Å². The van der Waals surface area contributed by atoms with Crippen molar-refractivity contribution in [2.75, 3.05) is 24.5 Å². The van der Waals surface area contributed by atoms with Crippen LogP contribution >= 0.6 is 11.6 Å². The first-order valence-electron chi connectivity index (χ1n) is 14.2. The summed E-state index contributed by atoms with van der Waals surface area (Å²) in [6, 6.07) is 28.4. The summed E-state index contributed by atoms with van der Waals surface area (Å²) in [7, 11) is -2.72. The van der Waals surface area contributed by atoms with E-state index in [0.29, 0.717) is 28.6 Å². The maximum absolute atomic E-state index is 14.4. The van der Waals surface area contributed by atoms with Crippen molar-refractivity contribution in [1.29, 1.82) is 0 Å². The van der Waals surface area contributed by atoms with Crippen molar-refractivity contribution in [3.8, 4) is 5.75 Å². The highest BCUT2D eigenvalue weighted by Gasteiger charge is 2.34. The first-order chi connectivity index (χ1) is 21.1. The van der Waals surface area contributed by atoms with Crippen molar-refractivity contribution < 1.29 is 22.7 Å². The van der Waals surface area contributed by atoms with E-state index in [0.717, 1.165) is 15.4 Å². The maximum Gasteiger partial charge on any atom is 0.264 e. The Balaban J connectivity index is 1.80. The minimum atomic E-state index is -4.21. The molecule has 0 aliphatic heterocycles. The number of benzene rings is 4. The number of ether oxygens (including phenoxy) is 1. The molecule has 8 nitrogen and oxygen atoms in total. The molecule has 0 bridgehead atoms. The smallest absolute Gasteiger partial charge is 0.264 e. The lowest BCUT2D eigenvalue weighted by atomic mass is 10.0. The monoisotopic (exact) mass is 633 g/mol. The van der Waals surface area contributed by atoms with E-state index in [9.17, 15) is 18.0 Å². The molecule has 44 heavy (non-hydrogen) atoms. The van der Waals surface area contributed by atoms with E-state index in [2.05, 4.69) is 5.32 Å². The second-order valence-electron chi connectivity index (χ2n) is 10.2. The van der Waals surface area contributed by atoms with Crippen molar-refractivity contribution in [1.82, 2.24) is 10.2 Å². The number of carbonyl (C=O) groups excluding carboxylic acids is 2. The maximum atomic E-state index is 14.4. The van der Waals surface area contributed by atoms with Gasteiger partial charge >= 0.3 is 0 Å². The van der Waals surface area contributed by atoms with Crippen LogP contribution in [0.25, 0.3) is 0 Å². The van der Waals surface area contributed by atoms with Crippen LogP contribution in [0.1, 0.15) is 23.6 Å². The highest BCUT2D eigenvalue weighted by molar-refractivity contribution is 7.92. The van der Waals surface area contributed by atoms with Gasteiger partial charge in [0, 0.05) is 24.5 Å². The number of anilines is 1. The third-order valence-corrected chi connectivity index (χ3v) is 9.33. The summed E-state index contributed by atoms with van der Waals surface area (Å²) in [5.74, 6) is -0.412.